The van der Waals surface area contributed by atoms with Crippen LogP contribution in [0.5, 0.6) is 0 Å². The molecular weight excluding hydrogens is 304 g/mol. The molecule has 0 amide bonds. The van der Waals surface area contributed by atoms with Crippen molar-refractivity contribution in [1.82, 2.24) is 0 Å². The van der Waals surface area contributed by atoms with E-state index in [2.05, 4.69) is 17.9 Å². The van der Waals surface area contributed by atoms with Gasteiger partial charge in [0.15, 0.2) is 0 Å². The van der Waals surface area contributed by atoms with Crippen LogP contribution in [-0.4, -0.2) is 33.5 Å². The number of hydrogen-bond acceptors (Lipinski definition) is 3. The van der Waals surface area contributed by atoms with Crippen molar-refractivity contribution in [3.63, 3.8) is 0 Å². The Morgan fingerprint density at radius 2 is 2.00 bits per heavy atom. The monoisotopic (exact) mass is 332 g/mol. The van der Waals surface area contributed by atoms with Gasteiger partial charge in [0.25, 0.3) is 0 Å². The van der Waals surface area contributed by atoms with Crippen LogP contribution in [0.15, 0.2) is 11.6 Å². The molecule has 4 heteroatoms. The summed E-state index contributed by atoms with van der Waals surface area (Å²) in [6.07, 6.45) is 9.02. The lowest BCUT2D eigenvalue weighted by Gasteiger charge is -2.48. The van der Waals surface area contributed by atoms with Crippen molar-refractivity contribution >= 4 is 5.97 Å². The van der Waals surface area contributed by atoms with Crippen molar-refractivity contribution in [2.75, 3.05) is 0 Å². The van der Waals surface area contributed by atoms with Gasteiger partial charge in [-0.05, 0) is 56.3 Å². The molecule has 3 aliphatic carbocycles. The Bertz CT molecular complexity index is 550. The molecular formula is C20H28O4. The van der Waals surface area contributed by atoms with Crippen LogP contribution in [0.25, 0.3) is 0 Å². The molecule has 3 N–H and O–H groups in total. The second-order valence-electron chi connectivity index (χ2n) is 7.63. The Morgan fingerprint density at radius 3 is 2.71 bits per heavy atom. The van der Waals surface area contributed by atoms with Crippen molar-refractivity contribution < 1.29 is 20.1 Å². The highest BCUT2D eigenvalue weighted by Crippen LogP contribution is 2.51. The molecule has 0 bridgehead atoms. The molecule has 0 aromatic rings. The molecule has 0 aliphatic heterocycles. The van der Waals surface area contributed by atoms with E-state index in [1.54, 1.807) is 0 Å². The molecule has 0 aromatic carbocycles. The van der Waals surface area contributed by atoms with E-state index < -0.39 is 18.2 Å². The summed E-state index contributed by atoms with van der Waals surface area (Å²) in [5.74, 6) is 6.56. The first-order valence-electron chi connectivity index (χ1n) is 9.34. The van der Waals surface area contributed by atoms with E-state index >= 15 is 0 Å². The van der Waals surface area contributed by atoms with E-state index in [1.165, 1.54) is 18.4 Å². The fourth-order valence-corrected chi connectivity index (χ4v) is 4.66. The second-order valence-corrected chi connectivity index (χ2v) is 7.63. The molecule has 0 spiro atoms. The Kier molecular flexibility index (Phi) is 5.63. The third-order valence-corrected chi connectivity index (χ3v) is 6.12. The molecule has 132 valence electrons. The molecule has 0 saturated heterocycles. The summed E-state index contributed by atoms with van der Waals surface area (Å²) in [5.41, 5.74) is 1.34. The van der Waals surface area contributed by atoms with Crippen LogP contribution in [0.4, 0.5) is 0 Å². The fourth-order valence-electron chi connectivity index (χ4n) is 4.66. The van der Waals surface area contributed by atoms with E-state index in [0.717, 1.165) is 32.1 Å². The molecule has 0 aromatic heterocycles. The van der Waals surface area contributed by atoms with Gasteiger partial charge in [-0.25, -0.2) is 0 Å². The standard InChI is InChI=1S/C20H28O4/c21-18(13-4-1-2-5-13)10-9-16-17-12-14(6-3-7-20(23)24)15(17)8-11-19(16)22/h6,13,15-19,21-22H,1-5,7-8,11-12H2,(H,23,24)/b14-6-/t15-,16-,17+,18?,19-/m1/s1. The summed E-state index contributed by atoms with van der Waals surface area (Å²) >= 11 is 0. The van der Waals surface area contributed by atoms with Crippen molar-refractivity contribution in [1.29, 1.82) is 0 Å². The van der Waals surface area contributed by atoms with Crippen LogP contribution in [0.3, 0.4) is 0 Å². The van der Waals surface area contributed by atoms with Gasteiger partial charge in [0.05, 0.1) is 12.0 Å². The summed E-state index contributed by atoms with van der Waals surface area (Å²) in [6, 6.07) is 0. The minimum Gasteiger partial charge on any atom is -0.481 e. The number of allylic oxidation sites excluding steroid dienone is 2. The number of carboxylic acids is 1. The zero-order valence-electron chi connectivity index (χ0n) is 14.2. The summed E-state index contributed by atoms with van der Waals surface area (Å²) in [6.45, 7) is 0. The van der Waals surface area contributed by atoms with Gasteiger partial charge in [0, 0.05) is 6.42 Å². The molecule has 5 atom stereocenters. The molecule has 3 aliphatic rings. The van der Waals surface area contributed by atoms with Crippen LogP contribution in [-0.2, 0) is 4.79 Å². The summed E-state index contributed by atoms with van der Waals surface area (Å²) in [5, 5.41) is 29.3. The maximum atomic E-state index is 10.6. The van der Waals surface area contributed by atoms with Crippen molar-refractivity contribution in [2.45, 2.75) is 70.0 Å². The average Bonchev–Trinajstić information content (AvgIpc) is 3.05. The highest BCUT2D eigenvalue weighted by Gasteiger charge is 2.46. The summed E-state index contributed by atoms with van der Waals surface area (Å²) in [4.78, 5) is 10.6. The van der Waals surface area contributed by atoms with E-state index in [-0.39, 0.29) is 12.3 Å². The third-order valence-electron chi connectivity index (χ3n) is 6.12. The van der Waals surface area contributed by atoms with E-state index in [9.17, 15) is 15.0 Å². The lowest BCUT2D eigenvalue weighted by Crippen LogP contribution is -2.44. The number of hydrogen-bond donors (Lipinski definition) is 3. The van der Waals surface area contributed by atoms with Crippen LogP contribution in [0.1, 0.15) is 57.8 Å². The van der Waals surface area contributed by atoms with Gasteiger partial charge in [0.1, 0.15) is 6.10 Å². The molecule has 0 heterocycles. The van der Waals surface area contributed by atoms with Crippen LogP contribution >= 0.6 is 0 Å². The Hall–Kier alpha value is -1.31. The first-order valence-corrected chi connectivity index (χ1v) is 9.34. The SMILES string of the molecule is O=C(O)CC/C=C1/C[C@@H]2[C@@H](C#CC(O)C3CCCC3)[C@H](O)CC[C@H]12. The molecule has 3 fully saturated rings. The summed E-state index contributed by atoms with van der Waals surface area (Å²) < 4.78 is 0. The lowest BCUT2D eigenvalue weighted by molar-refractivity contribution is -0.136. The highest BCUT2D eigenvalue weighted by molar-refractivity contribution is 5.66. The number of carbonyl (C=O) groups is 1. The van der Waals surface area contributed by atoms with Gasteiger partial charge in [-0.1, -0.05) is 36.3 Å². The van der Waals surface area contributed by atoms with Gasteiger partial charge in [-0.3, -0.25) is 4.79 Å². The van der Waals surface area contributed by atoms with E-state index in [4.69, 9.17) is 5.11 Å². The van der Waals surface area contributed by atoms with Crippen LogP contribution in [0.2, 0.25) is 0 Å². The summed E-state index contributed by atoms with van der Waals surface area (Å²) in [7, 11) is 0. The minimum atomic E-state index is -0.758. The van der Waals surface area contributed by atoms with Gasteiger partial charge >= 0.3 is 5.97 Å². The molecule has 3 rings (SSSR count). The highest BCUT2D eigenvalue weighted by atomic mass is 16.4. The molecule has 4 nitrogen and oxygen atoms in total. The smallest absolute Gasteiger partial charge is 0.303 e. The van der Waals surface area contributed by atoms with Gasteiger partial charge in [0.2, 0.25) is 0 Å². The number of fused-ring (bicyclic) bond motifs is 1. The first kappa shape index (κ1) is 17.5. The zero-order chi connectivity index (χ0) is 17.1. The fraction of sp³-hybridized carbons (Fsp3) is 0.750. The Balaban J connectivity index is 1.59. The van der Waals surface area contributed by atoms with E-state index in [1.807, 2.05) is 0 Å². The van der Waals surface area contributed by atoms with E-state index in [0.29, 0.717) is 24.2 Å². The molecule has 3 saturated carbocycles. The van der Waals surface area contributed by atoms with Gasteiger partial charge < -0.3 is 15.3 Å². The predicted molar refractivity (Wildman–Crippen MR) is 91.0 cm³/mol. The zero-order valence-corrected chi connectivity index (χ0v) is 14.2. The van der Waals surface area contributed by atoms with Crippen molar-refractivity contribution in [3.8, 4) is 11.8 Å². The van der Waals surface area contributed by atoms with Crippen LogP contribution < -0.4 is 0 Å². The lowest BCUT2D eigenvalue weighted by atomic mass is 9.57. The second kappa shape index (κ2) is 7.72. The van der Waals surface area contributed by atoms with Crippen LogP contribution in [0, 0.1) is 35.5 Å². The largest absolute Gasteiger partial charge is 0.481 e. The molecule has 24 heavy (non-hydrogen) atoms. The number of rotatable bonds is 4. The quantitative estimate of drug-likeness (QED) is 0.546. The number of aliphatic carboxylic acids is 1. The molecule has 0 radical (unpaired) electrons. The maximum absolute atomic E-state index is 10.6. The van der Waals surface area contributed by atoms with Gasteiger partial charge in [-0.2, -0.15) is 0 Å². The average molecular weight is 332 g/mol. The predicted octanol–water partition coefficient (Wildman–Crippen LogP) is 2.74. The minimum absolute atomic E-state index is 0.0450. The third kappa shape index (κ3) is 3.84. The van der Waals surface area contributed by atoms with Gasteiger partial charge in [-0.15, -0.1) is 0 Å². The Morgan fingerprint density at radius 1 is 1.25 bits per heavy atom. The first-order chi connectivity index (χ1) is 11.6. The number of aliphatic hydroxyl groups excluding tert-OH is 2. The normalized spacial score (nSPS) is 35.7. The maximum Gasteiger partial charge on any atom is 0.303 e. The number of carboxylic acid groups (broad SMARTS) is 1. The van der Waals surface area contributed by atoms with Crippen molar-refractivity contribution in [2.24, 2.45) is 23.7 Å². The number of aliphatic hydroxyl groups is 2. The van der Waals surface area contributed by atoms with Crippen molar-refractivity contribution in [3.05, 3.63) is 11.6 Å². The topological polar surface area (TPSA) is 77.8 Å². The molecule has 1 unspecified atom stereocenters. The Labute approximate surface area is 144 Å².